The summed E-state index contributed by atoms with van der Waals surface area (Å²) in [5, 5.41) is 1.24. The Labute approximate surface area is 93.3 Å². The second kappa shape index (κ2) is 3.42. The number of thioether (sulfide) groups is 1. The first-order valence-electron chi connectivity index (χ1n) is 5.16. The summed E-state index contributed by atoms with van der Waals surface area (Å²) in [6.45, 7) is 3.21. The van der Waals surface area contributed by atoms with Crippen LogP contribution in [0, 0.1) is 0 Å². The van der Waals surface area contributed by atoms with Crippen molar-refractivity contribution in [2.24, 2.45) is 0 Å². The Balaban J connectivity index is 2.23. The fourth-order valence-electron chi connectivity index (χ4n) is 1.87. The van der Waals surface area contributed by atoms with Gasteiger partial charge in [-0.2, -0.15) is 0 Å². The first kappa shape index (κ1) is 9.04. The molecule has 1 aromatic heterocycles. The van der Waals surface area contributed by atoms with E-state index in [2.05, 4.69) is 36.1 Å². The molecule has 0 atom stereocenters. The Kier molecular flexibility index (Phi) is 2.06. The maximum atomic E-state index is 4.71. The molecule has 0 fully saturated rings. The Morgan fingerprint density at radius 1 is 1.40 bits per heavy atom. The van der Waals surface area contributed by atoms with Crippen LogP contribution < -0.4 is 4.90 Å². The van der Waals surface area contributed by atoms with Crippen LogP contribution in [0.25, 0.3) is 10.9 Å². The standard InChI is InChI=1S/C12H12N2S/c1-2-14-8-15-11-7-9-5-3-4-6-10(9)13-12(11)14/h3-7H,2,8H2,1H3. The highest BCUT2D eigenvalue weighted by Crippen LogP contribution is 2.38. The van der Waals surface area contributed by atoms with Crippen molar-refractivity contribution in [1.82, 2.24) is 4.98 Å². The van der Waals surface area contributed by atoms with E-state index >= 15 is 0 Å². The third-order valence-corrected chi connectivity index (χ3v) is 3.78. The van der Waals surface area contributed by atoms with Crippen molar-refractivity contribution in [3.05, 3.63) is 30.3 Å². The van der Waals surface area contributed by atoms with E-state index in [0.717, 1.165) is 23.8 Å². The van der Waals surface area contributed by atoms with Crippen molar-refractivity contribution < 1.29 is 0 Å². The van der Waals surface area contributed by atoms with Gasteiger partial charge in [-0.15, -0.1) is 11.8 Å². The summed E-state index contributed by atoms with van der Waals surface area (Å²) in [4.78, 5) is 8.34. The van der Waals surface area contributed by atoms with Crippen LogP contribution in [0.2, 0.25) is 0 Å². The maximum absolute atomic E-state index is 4.71. The molecule has 0 saturated carbocycles. The van der Waals surface area contributed by atoms with Crippen molar-refractivity contribution in [1.29, 1.82) is 0 Å². The zero-order valence-electron chi connectivity index (χ0n) is 8.60. The number of anilines is 1. The van der Waals surface area contributed by atoms with Crippen LogP contribution in [0.3, 0.4) is 0 Å². The van der Waals surface area contributed by atoms with Gasteiger partial charge in [0.05, 0.1) is 16.3 Å². The monoisotopic (exact) mass is 216 g/mol. The Morgan fingerprint density at radius 2 is 2.27 bits per heavy atom. The SMILES string of the molecule is CCN1CSc2cc3ccccc3nc21. The van der Waals surface area contributed by atoms with Crippen molar-refractivity contribution in [2.45, 2.75) is 11.8 Å². The summed E-state index contributed by atoms with van der Waals surface area (Å²) >= 11 is 1.88. The third kappa shape index (κ3) is 1.38. The molecule has 2 aromatic rings. The zero-order valence-corrected chi connectivity index (χ0v) is 9.42. The normalized spacial score (nSPS) is 14.6. The Hall–Kier alpha value is -1.22. The van der Waals surface area contributed by atoms with Crippen LogP contribution in [0.5, 0.6) is 0 Å². The Bertz CT molecular complexity index is 510. The van der Waals surface area contributed by atoms with E-state index in [-0.39, 0.29) is 0 Å². The van der Waals surface area contributed by atoms with Gasteiger partial charge in [0.25, 0.3) is 0 Å². The number of hydrogen-bond donors (Lipinski definition) is 0. The predicted octanol–water partition coefficient (Wildman–Crippen LogP) is 3.12. The topological polar surface area (TPSA) is 16.1 Å². The van der Waals surface area contributed by atoms with Gasteiger partial charge in [0, 0.05) is 11.9 Å². The maximum Gasteiger partial charge on any atom is 0.143 e. The molecule has 0 aliphatic carbocycles. The van der Waals surface area contributed by atoms with Crippen LogP contribution in [0.1, 0.15) is 6.92 Å². The lowest BCUT2D eigenvalue weighted by molar-refractivity contribution is 0.927. The molecule has 0 unspecified atom stereocenters. The van der Waals surface area contributed by atoms with Crippen LogP contribution in [-0.2, 0) is 0 Å². The van der Waals surface area contributed by atoms with E-state index < -0.39 is 0 Å². The predicted molar refractivity (Wildman–Crippen MR) is 65.5 cm³/mol. The number of para-hydroxylation sites is 1. The van der Waals surface area contributed by atoms with Gasteiger partial charge in [-0.1, -0.05) is 18.2 Å². The number of fused-ring (bicyclic) bond motifs is 2. The lowest BCUT2D eigenvalue weighted by atomic mass is 10.2. The van der Waals surface area contributed by atoms with Gasteiger partial charge < -0.3 is 4.90 Å². The van der Waals surface area contributed by atoms with Gasteiger partial charge >= 0.3 is 0 Å². The van der Waals surface area contributed by atoms with Gasteiger partial charge in [0.2, 0.25) is 0 Å². The van der Waals surface area contributed by atoms with Crippen LogP contribution >= 0.6 is 11.8 Å². The summed E-state index contributed by atoms with van der Waals surface area (Å²) in [7, 11) is 0. The van der Waals surface area contributed by atoms with Gasteiger partial charge in [-0.05, 0) is 19.1 Å². The molecule has 15 heavy (non-hydrogen) atoms. The van der Waals surface area contributed by atoms with Crippen LogP contribution in [0.4, 0.5) is 5.82 Å². The number of nitrogens with zero attached hydrogens (tertiary/aromatic N) is 2. The van der Waals surface area contributed by atoms with Gasteiger partial charge in [0.1, 0.15) is 5.82 Å². The number of hydrogen-bond acceptors (Lipinski definition) is 3. The molecular weight excluding hydrogens is 204 g/mol. The highest BCUT2D eigenvalue weighted by molar-refractivity contribution is 7.99. The molecule has 0 radical (unpaired) electrons. The molecule has 3 heteroatoms. The minimum atomic E-state index is 1.03. The molecule has 0 amide bonds. The molecule has 1 aromatic carbocycles. The van der Waals surface area contributed by atoms with Crippen LogP contribution in [0.15, 0.2) is 35.2 Å². The first-order chi connectivity index (χ1) is 7.38. The highest BCUT2D eigenvalue weighted by Gasteiger charge is 2.20. The molecule has 1 aliphatic rings. The lowest BCUT2D eigenvalue weighted by Crippen LogP contribution is -2.18. The van der Waals surface area contributed by atoms with Gasteiger partial charge in [-0.25, -0.2) is 4.98 Å². The molecule has 2 heterocycles. The molecule has 1 aliphatic heterocycles. The summed E-state index contributed by atoms with van der Waals surface area (Å²) < 4.78 is 0. The quantitative estimate of drug-likeness (QED) is 0.728. The molecular formula is C12H12N2S. The van der Waals surface area contributed by atoms with Crippen LogP contribution in [-0.4, -0.2) is 17.4 Å². The van der Waals surface area contributed by atoms with E-state index in [1.54, 1.807) is 0 Å². The Morgan fingerprint density at radius 3 is 3.13 bits per heavy atom. The van der Waals surface area contributed by atoms with Crippen molar-refractivity contribution in [2.75, 3.05) is 17.3 Å². The average molecular weight is 216 g/mol. The number of pyridine rings is 1. The molecule has 0 N–H and O–H groups in total. The lowest BCUT2D eigenvalue weighted by Gasteiger charge is -2.14. The summed E-state index contributed by atoms with van der Waals surface area (Å²) in [6, 6.07) is 10.6. The largest absolute Gasteiger partial charge is 0.346 e. The average Bonchev–Trinajstić information content (AvgIpc) is 2.68. The summed E-state index contributed by atoms with van der Waals surface area (Å²) in [6.07, 6.45) is 0. The number of aromatic nitrogens is 1. The molecule has 0 spiro atoms. The molecule has 0 bridgehead atoms. The van der Waals surface area contributed by atoms with E-state index in [1.165, 1.54) is 10.3 Å². The molecule has 76 valence electrons. The molecule has 2 nitrogen and oxygen atoms in total. The fraction of sp³-hybridized carbons (Fsp3) is 0.250. The second-order valence-electron chi connectivity index (χ2n) is 3.63. The third-order valence-electron chi connectivity index (χ3n) is 2.73. The molecule has 3 rings (SSSR count). The van der Waals surface area contributed by atoms with E-state index in [1.807, 2.05) is 17.8 Å². The van der Waals surface area contributed by atoms with E-state index in [4.69, 9.17) is 4.98 Å². The van der Waals surface area contributed by atoms with Crippen molar-refractivity contribution in [3.8, 4) is 0 Å². The smallest absolute Gasteiger partial charge is 0.143 e. The number of rotatable bonds is 1. The van der Waals surface area contributed by atoms with Gasteiger partial charge in [-0.3, -0.25) is 0 Å². The summed E-state index contributed by atoms with van der Waals surface area (Å²) in [5.41, 5.74) is 1.09. The zero-order chi connectivity index (χ0) is 10.3. The van der Waals surface area contributed by atoms with E-state index in [0.29, 0.717) is 0 Å². The summed E-state index contributed by atoms with van der Waals surface area (Å²) in [5.74, 6) is 2.19. The second-order valence-corrected chi connectivity index (χ2v) is 4.62. The van der Waals surface area contributed by atoms with Gasteiger partial charge in [0.15, 0.2) is 0 Å². The minimum absolute atomic E-state index is 1.03. The first-order valence-corrected chi connectivity index (χ1v) is 6.14. The van der Waals surface area contributed by atoms with Crippen molar-refractivity contribution in [3.63, 3.8) is 0 Å². The fourth-order valence-corrected chi connectivity index (χ4v) is 2.98. The minimum Gasteiger partial charge on any atom is -0.346 e. The van der Waals surface area contributed by atoms with Crippen molar-refractivity contribution >= 4 is 28.5 Å². The van der Waals surface area contributed by atoms with E-state index in [9.17, 15) is 0 Å². The molecule has 0 saturated heterocycles. The highest BCUT2D eigenvalue weighted by atomic mass is 32.2. The number of benzene rings is 1.